The number of para-hydroxylation sites is 1. The molecule has 0 radical (unpaired) electrons. The van der Waals surface area contributed by atoms with Crippen molar-refractivity contribution in [2.45, 2.75) is 12.8 Å². The van der Waals surface area contributed by atoms with E-state index in [0.717, 1.165) is 12.1 Å². The van der Waals surface area contributed by atoms with Crippen LogP contribution in [0.5, 0.6) is 17.2 Å². The Bertz CT molecular complexity index is 1070. The van der Waals surface area contributed by atoms with E-state index in [1.54, 1.807) is 23.6 Å². The molecule has 0 bridgehead atoms. The zero-order chi connectivity index (χ0) is 21.9. The van der Waals surface area contributed by atoms with Gasteiger partial charge in [-0.3, -0.25) is 10.1 Å². The molecule has 1 aromatic heterocycles. The molecule has 7 nitrogen and oxygen atoms in total. The number of rotatable bonds is 7. The lowest BCUT2D eigenvalue weighted by atomic mass is 10.1. The van der Waals surface area contributed by atoms with Crippen molar-refractivity contribution in [1.82, 2.24) is 4.98 Å². The number of non-ortho nitro benzene ring substituents is 1. The average molecular weight is 440 g/mol. The SMILES string of the molecule is COc1cccc(-c2nc(COc3ccc([N+](=O)[O-])cc3C(F)(F)F)cs2)c1OC. The molecule has 0 aliphatic heterocycles. The van der Waals surface area contributed by atoms with Crippen LogP contribution in [0, 0.1) is 10.1 Å². The van der Waals surface area contributed by atoms with Crippen LogP contribution < -0.4 is 14.2 Å². The van der Waals surface area contributed by atoms with Gasteiger partial charge in [0, 0.05) is 17.5 Å². The standard InChI is InChI=1S/C19H15F3N2O5S/c1-27-16-5-3-4-13(17(16)28-2)18-23-11(10-30-18)9-29-15-7-6-12(24(25)26)8-14(15)19(20,21)22/h3-8,10H,9H2,1-2H3. The summed E-state index contributed by atoms with van der Waals surface area (Å²) >= 11 is 1.26. The van der Waals surface area contributed by atoms with Crippen molar-refractivity contribution < 1.29 is 32.3 Å². The smallest absolute Gasteiger partial charge is 0.420 e. The van der Waals surface area contributed by atoms with E-state index < -0.39 is 28.1 Å². The van der Waals surface area contributed by atoms with Crippen LogP contribution in [-0.4, -0.2) is 24.1 Å². The molecule has 0 saturated heterocycles. The molecular formula is C19H15F3N2O5S. The molecule has 0 N–H and O–H groups in total. The second-order valence-electron chi connectivity index (χ2n) is 5.91. The highest BCUT2D eigenvalue weighted by molar-refractivity contribution is 7.13. The van der Waals surface area contributed by atoms with Crippen LogP contribution in [0.1, 0.15) is 11.3 Å². The average Bonchev–Trinajstić information content (AvgIpc) is 3.19. The molecule has 11 heteroatoms. The third-order valence-electron chi connectivity index (χ3n) is 4.04. The molecule has 0 spiro atoms. The third-order valence-corrected chi connectivity index (χ3v) is 4.96. The topological polar surface area (TPSA) is 83.7 Å². The van der Waals surface area contributed by atoms with Gasteiger partial charge in [0.15, 0.2) is 11.5 Å². The van der Waals surface area contributed by atoms with Gasteiger partial charge in [-0.05, 0) is 18.2 Å². The van der Waals surface area contributed by atoms with Gasteiger partial charge >= 0.3 is 6.18 Å². The summed E-state index contributed by atoms with van der Waals surface area (Å²) in [7, 11) is 3.00. The van der Waals surface area contributed by atoms with E-state index in [9.17, 15) is 23.3 Å². The van der Waals surface area contributed by atoms with Crippen molar-refractivity contribution >= 4 is 17.0 Å². The molecule has 0 unspecified atom stereocenters. The first kappa shape index (κ1) is 21.4. The molecule has 3 aromatic rings. The molecule has 0 fully saturated rings. The van der Waals surface area contributed by atoms with Gasteiger partial charge in [0.2, 0.25) is 0 Å². The highest BCUT2D eigenvalue weighted by Crippen LogP contribution is 2.40. The Morgan fingerprint density at radius 1 is 1.13 bits per heavy atom. The summed E-state index contributed by atoms with van der Waals surface area (Å²) in [6, 6.07) is 7.61. The van der Waals surface area contributed by atoms with Crippen LogP contribution in [0.3, 0.4) is 0 Å². The number of nitro groups is 1. The second kappa shape index (κ2) is 8.57. The Balaban J connectivity index is 1.84. The van der Waals surface area contributed by atoms with Gasteiger partial charge in [0.25, 0.3) is 5.69 Å². The molecule has 0 amide bonds. The predicted molar refractivity (Wildman–Crippen MR) is 103 cm³/mol. The maximum atomic E-state index is 13.3. The summed E-state index contributed by atoms with van der Waals surface area (Å²) in [5.74, 6) is 0.488. The van der Waals surface area contributed by atoms with Crippen molar-refractivity contribution in [3.8, 4) is 27.8 Å². The molecule has 3 rings (SSSR count). The number of hydrogen-bond acceptors (Lipinski definition) is 7. The first-order chi connectivity index (χ1) is 14.2. The number of halogens is 3. The van der Waals surface area contributed by atoms with Crippen molar-refractivity contribution in [3.05, 3.63) is 63.1 Å². The van der Waals surface area contributed by atoms with Gasteiger partial charge in [-0.15, -0.1) is 11.3 Å². The predicted octanol–water partition coefficient (Wildman–Crippen LogP) is 5.33. The Kier molecular flexibility index (Phi) is 6.11. The molecule has 0 aliphatic rings. The summed E-state index contributed by atoms with van der Waals surface area (Å²) in [6.07, 6.45) is -4.80. The number of nitrogens with zero attached hydrogens (tertiary/aromatic N) is 2. The number of benzene rings is 2. The maximum absolute atomic E-state index is 13.3. The zero-order valence-corrected chi connectivity index (χ0v) is 16.5. The normalized spacial score (nSPS) is 11.2. The summed E-state index contributed by atoms with van der Waals surface area (Å²) < 4.78 is 55.7. The number of nitro benzene ring substituents is 1. The lowest BCUT2D eigenvalue weighted by molar-refractivity contribution is -0.385. The van der Waals surface area contributed by atoms with Crippen LogP contribution in [0.2, 0.25) is 0 Å². The van der Waals surface area contributed by atoms with Gasteiger partial charge < -0.3 is 14.2 Å². The Morgan fingerprint density at radius 2 is 1.90 bits per heavy atom. The van der Waals surface area contributed by atoms with Gasteiger partial charge in [0.05, 0.1) is 30.4 Å². The van der Waals surface area contributed by atoms with Crippen LogP contribution in [0.15, 0.2) is 41.8 Å². The molecule has 0 saturated carbocycles. The largest absolute Gasteiger partial charge is 0.493 e. The number of methoxy groups -OCH3 is 2. The van der Waals surface area contributed by atoms with Crippen molar-refractivity contribution in [2.75, 3.05) is 14.2 Å². The Morgan fingerprint density at radius 3 is 2.53 bits per heavy atom. The van der Waals surface area contributed by atoms with Gasteiger partial charge in [-0.1, -0.05) is 6.07 Å². The van der Waals surface area contributed by atoms with Crippen LogP contribution >= 0.6 is 11.3 Å². The lowest BCUT2D eigenvalue weighted by Gasteiger charge is -2.13. The van der Waals surface area contributed by atoms with Gasteiger partial charge in [-0.25, -0.2) is 4.98 Å². The summed E-state index contributed by atoms with van der Waals surface area (Å²) in [5, 5.41) is 13.0. The van der Waals surface area contributed by atoms with Crippen molar-refractivity contribution in [3.63, 3.8) is 0 Å². The number of alkyl halides is 3. The van der Waals surface area contributed by atoms with E-state index in [1.807, 2.05) is 0 Å². The highest BCUT2D eigenvalue weighted by atomic mass is 32.1. The second-order valence-corrected chi connectivity index (χ2v) is 6.77. The van der Waals surface area contributed by atoms with Crippen molar-refractivity contribution in [2.24, 2.45) is 0 Å². The molecule has 158 valence electrons. The fourth-order valence-corrected chi connectivity index (χ4v) is 3.51. The number of thiazole rings is 1. The minimum absolute atomic E-state index is 0.246. The van der Waals surface area contributed by atoms with Gasteiger partial charge in [0.1, 0.15) is 22.9 Å². The first-order valence-electron chi connectivity index (χ1n) is 8.38. The van der Waals surface area contributed by atoms with E-state index in [4.69, 9.17) is 14.2 Å². The molecule has 1 heterocycles. The minimum atomic E-state index is -4.80. The van der Waals surface area contributed by atoms with Gasteiger partial charge in [-0.2, -0.15) is 13.2 Å². The van der Waals surface area contributed by atoms with E-state index in [1.165, 1.54) is 25.6 Å². The number of hydrogen-bond donors (Lipinski definition) is 0. The van der Waals surface area contributed by atoms with E-state index in [2.05, 4.69) is 4.98 Å². The van der Waals surface area contributed by atoms with Crippen molar-refractivity contribution in [1.29, 1.82) is 0 Å². The number of ether oxygens (including phenoxy) is 3. The summed E-state index contributed by atoms with van der Waals surface area (Å²) in [5.41, 5.74) is -0.830. The minimum Gasteiger partial charge on any atom is -0.493 e. The molecule has 30 heavy (non-hydrogen) atoms. The summed E-state index contributed by atoms with van der Waals surface area (Å²) in [4.78, 5) is 14.3. The zero-order valence-electron chi connectivity index (χ0n) is 15.7. The maximum Gasteiger partial charge on any atom is 0.420 e. The quantitative estimate of drug-likeness (QED) is 0.365. The van der Waals surface area contributed by atoms with E-state index >= 15 is 0 Å². The van der Waals surface area contributed by atoms with E-state index in [-0.39, 0.29) is 6.61 Å². The van der Waals surface area contributed by atoms with Crippen LogP contribution in [0.4, 0.5) is 18.9 Å². The molecule has 2 aromatic carbocycles. The van der Waals surface area contributed by atoms with E-state index in [0.29, 0.717) is 33.8 Å². The third kappa shape index (κ3) is 4.46. The fourth-order valence-electron chi connectivity index (χ4n) is 2.68. The Hall–Kier alpha value is -3.34. The summed E-state index contributed by atoms with van der Waals surface area (Å²) in [6.45, 7) is -0.246. The molecule has 0 aliphatic carbocycles. The highest BCUT2D eigenvalue weighted by Gasteiger charge is 2.36. The number of aromatic nitrogens is 1. The molecular weight excluding hydrogens is 425 g/mol. The lowest BCUT2D eigenvalue weighted by Crippen LogP contribution is -2.09. The monoisotopic (exact) mass is 440 g/mol. The first-order valence-corrected chi connectivity index (χ1v) is 9.26. The van der Waals surface area contributed by atoms with Crippen LogP contribution in [-0.2, 0) is 12.8 Å². The van der Waals surface area contributed by atoms with Crippen LogP contribution in [0.25, 0.3) is 10.6 Å². The fraction of sp³-hybridized carbons (Fsp3) is 0.211. The Labute approximate surface area is 172 Å². The molecule has 0 atom stereocenters.